The van der Waals surface area contributed by atoms with E-state index in [-0.39, 0.29) is 6.61 Å². The third-order valence-corrected chi connectivity index (χ3v) is 2.74. The summed E-state index contributed by atoms with van der Waals surface area (Å²) in [4.78, 5) is 0. The van der Waals surface area contributed by atoms with Gasteiger partial charge in [0.1, 0.15) is 11.5 Å². The van der Waals surface area contributed by atoms with Gasteiger partial charge in [-0.2, -0.15) is 0 Å². The third-order valence-electron chi connectivity index (χ3n) is 2.74. The maximum Gasteiger partial charge on any atom is 0.127 e. The highest BCUT2D eigenvalue weighted by molar-refractivity contribution is 5.30. The highest BCUT2D eigenvalue weighted by atomic mass is 16.5. The van der Waals surface area contributed by atoms with Crippen LogP contribution in [-0.4, -0.2) is 24.8 Å². The number of allylic oxidation sites excluding steroid dienone is 3. The molecule has 0 saturated heterocycles. The molecule has 0 atom stereocenters. The Morgan fingerprint density at radius 3 is 2.55 bits per heavy atom. The first kappa shape index (κ1) is 16.2. The van der Waals surface area contributed by atoms with Crippen molar-refractivity contribution in [3.63, 3.8) is 0 Å². The van der Waals surface area contributed by atoms with Gasteiger partial charge < -0.3 is 15.2 Å². The molecule has 0 aromatic heterocycles. The first-order valence-electron chi connectivity index (χ1n) is 6.83. The van der Waals surface area contributed by atoms with Gasteiger partial charge in [-0.1, -0.05) is 31.4 Å². The lowest BCUT2D eigenvalue weighted by molar-refractivity contribution is 0.286. The Labute approximate surface area is 121 Å². The van der Waals surface area contributed by atoms with Gasteiger partial charge in [0.05, 0.1) is 0 Å². The first-order chi connectivity index (χ1) is 9.80. The quantitative estimate of drug-likeness (QED) is 0.391. The van der Waals surface area contributed by atoms with Crippen molar-refractivity contribution in [2.75, 3.05) is 19.7 Å². The summed E-state index contributed by atoms with van der Waals surface area (Å²) in [5.41, 5.74) is 1.25. The lowest BCUT2D eigenvalue weighted by Crippen LogP contribution is -2.19. The van der Waals surface area contributed by atoms with Gasteiger partial charge >= 0.3 is 0 Å². The first-order valence-corrected chi connectivity index (χ1v) is 6.83. The Morgan fingerprint density at radius 2 is 1.95 bits per heavy atom. The molecule has 0 fully saturated rings. The van der Waals surface area contributed by atoms with Crippen LogP contribution < -0.4 is 10.1 Å². The molecule has 0 heterocycles. The van der Waals surface area contributed by atoms with Crippen molar-refractivity contribution < 1.29 is 9.84 Å². The molecule has 1 aromatic rings. The highest BCUT2D eigenvalue weighted by Gasteiger charge is 1.98. The number of benzene rings is 1. The van der Waals surface area contributed by atoms with Crippen LogP contribution in [0.5, 0.6) is 5.75 Å². The van der Waals surface area contributed by atoms with Gasteiger partial charge in [0.15, 0.2) is 0 Å². The van der Waals surface area contributed by atoms with Crippen molar-refractivity contribution >= 4 is 0 Å². The highest BCUT2D eigenvalue weighted by Crippen LogP contribution is 2.16. The number of nitrogens with one attached hydrogen (secondary N) is 1. The third kappa shape index (κ3) is 6.36. The van der Waals surface area contributed by atoms with Crippen LogP contribution in [0.25, 0.3) is 0 Å². The molecule has 0 bridgehead atoms. The summed E-state index contributed by atoms with van der Waals surface area (Å²) in [6.07, 6.45) is 6.85. The van der Waals surface area contributed by atoms with E-state index in [0.717, 1.165) is 31.7 Å². The van der Waals surface area contributed by atoms with Crippen molar-refractivity contribution in [1.29, 1.82) is 0 Å². The van der Waals surface area contributed by atoms with Crippen LogP contribution in [0.15, 0.2) is 61.4 Å². The fourth-order valence-electron chi connectivity index (χ4n) is 1.68. The van der Waals surface area contributed by atoms with Gasteiger partial charge in [-0.05, 0) is 55.8 Å². The maximum atomic E-state index is 8.67. The smallest absolute Gasteiger partial charge is 0.127 e. The van der Waals surface area contributed by atoms with Gasteiger partial charge in [0.25, 0.3) is 0 Å². The van der Waals surface area contributed by atoms with Crippen LogP contribution in [0.2, 0.25) is 0 Å². The number of rotatable bonds is 10. The van der Waals surface area contributed by atoms with E-state index in [1.165, 1.54) is 5.56 Å². The molecule has 0 saturated carbocycles. The molecule has 0 aliphatic rings. The molecule has 108 valence electrons. The van der Waals surface area contributed by atoms with Crippen LogP contribution in [0, 0.1) is 0 Å². The lowest BCUT2D eigenvalue weighted by atomic mass is 10.1. The average Bonchev–Trinajstić information content (AvgIpc) is 2.48. The standard InChI is InChI=1S/C17H23NO2/c1-3-6-16(4-2)20-17-9-7-15(8-10-17)11-13-18-12-5-14-19/h3-4,6-10,18-19H,1-2,5,11-14H2/b16-6+. The largest absolute Gasteiger partial charge is 0.457 e. The molecule has 0 aliphatic heterocycles. The summed E-state index contributed by atoms with van der Waals surface area (Å²) in [6.45, 7) is 9.33. The zero-order chi connectivity index (χ0) is 14.6. The molecule has 0 amide bonds. The Kier molecular flexibility index (Phi) is 8.11. The molecule has 3 heteroatoms. The molecule has 20 heavy (non-hydrogen) atoms. The number of hydrogen-bond acceptors (Lipinski definition) is 3. The predicted molar refractivity (Wildman–Crippen MR) is 83.8 cm³/mol. The van der Waals surface area contributed by atoms with E-state index < -0.39 is 0 Å². The summed E-state index contributed by atoms with van der Waals surface area (Å²) in [7, 11) is 0. The molecular weight excluding hydrogens is 250 g/mol. The molecule has 0 radical (unpaired) electrons. The van der Waals surface area contributed by atoms with Gasteiger partial charge in [-0.25, -0.2) is 0 Å². The van der Waals surface area contributed by atoms with E-state index in [4.69, 9.17) is 9.84 Å². The van der Waals surface area contributed by atoms with Gasteiger partial charge in [-0.3, -0.25) is 0 Å². The van der Waals surface area contributed by atoms with Crippen molar-refractivity contribution in [3.8, 4) is 5.75 Å². The van der Waals surface area contributed by atoms with Crippen molar-refractivity contribution in [2.24, 2.45) is 0 Å². The Bertz CT molecular complexity index is 435. The van der Waals surface area contributed by atoms with Crippen LogP contribution in [-0.2, 0) is 6.42 Å². The molecule has 0 aliphatic carbocycles. The van der Waals surface area contributed by atoms with Gasteiger partial charge in [0.2, 0.25) is 0 Å². The summed E-state index contributed by atoms with van der Waals surface area (Å²) < 4.78 is 5.65. The maximum absolute atomic E-state index is 8.67. The fraction of sp³-hybridized carbons (Fsp3) is 0.294. The molecule has 0 spiro atoms. The molecule has 1 aromatic carbocycles. The summed E-state index contributed by atoms with van der Waals surface area (Å²) >= 11 is 0. The van der Waals surface area contributed by atoms with E-state index in [1.807, 2.05) is 12.1 Å². The molecule has 1 rings (SSSR count). The average molecular weight is 273 g/mol. The van der Waals surface area contributed by atoms with Gasteiger partial charge in [0, 0.05) is 6.61 Å². The number of hydrogen-bond donors (Lipinski definition) is 2. The van der Waals surface area contributed by atoms with Crippen LogP contribution >= 0.6 is 0 Å². The van der Waals surface area contributed by atoms with E-state index in [0.29, 0.717) is 5.76 Å². The molecule has 2 N–H and O–H groups in total. The fourth-order valence-corrected chi connectivity index (χ4v) is 1.68. The number of ether oxygens (including phenoxy) is 1. The minimum absolute atomic E-state index is 0.239. The predicted octanol–water partition coefficient (Wildman–Crippen LogP) is 2.84. The summed E-state index contributed by atoms with van der Waals surface area (Å²) in [6, 6.07) is 8.00. The Morgan fingerprint density at radius 1 is 1.20 bits per heavy atom. The Balaban J connectivity index is 2.41. The topological polar surface area (TPSA) is 41.5 Å². The van der Waals surface area contributed by atoms with Crippen LogP contribution in [0.1, 0.15) is 12.0 Å². The van der Waals surface area contributed by atoms with E-state index >= 15 is 0 Å². The lowest BCUT2D eigenvalue weighted by Gasteiger charge is -2.07. The van der Waals surface area contributed by atoms with E-state index in [2.05, 4.69) is 30.6 Å². The molecule has 0 unspecified atom stereocenters. The van der Waals surface area contributed by atoms with E-state index in [9.17, 15) is 0 Å². The van der Waals surface area contributed by atoms with Crippen molar-refractivity contribution in [3.05, 3.63) is 67.0 Å². The second-order valence-corrected chi connectivity index (χ2v) is 4.33. The second-order valence-electron chi connectivity index (χ2n) is 4.33. The van der Waals surface area contributed by atoms with Crippen LogP contribution in [0.4, 0.5) is 0 Å². The molecule has 3 nitrogen and oxygen atoms in total. The zero-order valence-electron chi connectivity index (χ0n) is 11.8. The molecular formula is C17H23NO2. The van der Waals surface area contributed by atoms with Crippen molar-refractivity contribution in [1.82, 2.24) is 5.32 Å². The Hall–Kier alpha value is -1.84. The second kappa shape index (κ2) is 10.0. The minimum atomic E-state index is 0.239. The summed E-state index contributed by atoms with van der Waals surface area (Å²) in [5, 5.41) is 12.0. The van der Waals surface area contributed by atoms with Gasteiger partial charge in [-0.15, -0.1) is 0 Å². The van der Waals surface area contributed by atoms with E-state index in [1.54, 1.807) is 18.2 Å². The van der Waals surface area contributed by atoms with Crippen molar-refractivity contribution in [2.45, 2.75) is 12.8 Å². The monoisotopic (exact) mass is 273 g/mol. The normalized spacial score (nSPS) is 11.2. The van der Waals surface area contributed by atoms with Crippen LogP contribution in [0.3, 0.4) is 0 Å². The zero-order valence-corrected chi connectivity index (χ0v) is 11.8. The number of aliphatic hydroxyl groups excluding tert-OH is 1. The number of aliphatic hydroxyl groups is 1. The summed E-state index contributed by atoms with van der Waals surface area (Å²) in [5.74, 6) is 1.47. The SMILES string of the molecule is C=C/C=C(\C=C)Oc1ccc(CCNCCCO)cc1. The minimum Gasteiger partial charge on any atom is -0.457 e.